The number of aliphatic hydroxyl groups excluding tert-OH is 2. The number of rotatable bonds is 7. The third kappa shape index (κ3) is 4.25. The van der Waals surface area contributed by atoms with Gasteiger partial charge in [0, 0.05) is 12.4 Å². The lowest BCUT2D eigenvalue weighted by Gasteiger charge is -2.10. The molecule has 140 valence electrons. The molecule has 1 aromatic carbocycles. The zero-order chi connectivity index (χ0) is 19.4. The van der Waals surface area contributed by atoms with Crippen LogP contribution in [0.15, 0.2) is 41.1 Å². The summed E-state index contributed by atoms with van der Waals surface area (Å²) in [6, 6.07) is 6.21. The van der Waals surface area contributed by atoms with Gasteiger partial charge in [0.15, 0.2) is 0 Å². The van der Waals surface area contributed by atoms with Crippen LogP contribution in [0.4, 0.5) is 15.8 Å². The fourth-order valence-corrected chi connectivity index (χ4v) is 2.38. The first kappa shape index (κ1) is 18.8. The summed E-state index contributed by atoms with van der Waals surface area (Å²) in [6.07, 6.45) is 1.85. The molecule has 27 heavy (non-hydrogen) atoms. The van der Waals surface area contributed by atoms with Crippen molar-refractivity contribution in [3.63, 3.8) is 0 Å². The van der Waals surface area contributed by atoms with Gasteiger partial charge in [0.25, 0.3) is 0 Å². The maximum Gasteiger partial charge on any atom is 0.312 e. The summed E-state index contributed by atoms with van der Waals surface area (Å²) < 4.78 is 19.8. The molecule has 2 aromatic heterocycles. The molecule has 1 atom stereocenters. The van der Waals surface area contributed by atoms with Gasteiger partial charge in [0.1, 0.15) is 37.6 Å². The van der Waals surface area contributed by atoms with E-state index in [4.69, 9.17) is 14.4 Å². The second kappa shape index (κ2) is 8.17. The number of halogens is 1. The molecule has 0 bridgehead atoms. The minimum atomic E-state index is -1.13. The number of amides is 1. The Labute approximate surface area is 154 Å². The number of hydroxylamine groups is 1. The van der Waals surface area contributed by atoms with Gasteiger partial charge in [0.05, 0.1) is 17.7 Å². The number of hydrogen-bond donors (Lipinski definition) is 4. The predicted octanol–water partition coefficient (Wildman–Crippen LogP) is -0.0165. The predicted molar refractivity (Wildman–Crippen MR) is 98.4 cm³/mol. The highest BCUT2D eigenvalue weighted by atomic mass is 19.1. The second-order valence-electron chi connectivity index (χ2n) is 5.86. The lowest BCUT2D eigenvalue weighted by Crippen LogP contribution is -2.30. The maximum atomic E-state index is 14.2. The van der Waals surface area contributed by atoms with E-state index in [2.05, 4.69) is 15.8 Å². The fraction of sp³-hybridized carbons (Fsp3) is 0.176. The van der Waals surface area contributed by atoms with Gasteiger partial charge >= 0.3 is 5.91 Å². The standard InChI is InChI=1S/C17H17BFN3O5/c18-9-1-2-13(12(19)5-9)21-15-11-6-20-4-3-14(11)27-16(15)17(25)22-26-8-10(24)7-23/h1-6,10,21,23-24H,7-8,18H2,(H,22,25)/t10-/m1/s1. The highest BCUT2D eigenvalue weighted by molar-refractivity contribution is 6.32. The van der Waals surface area contributed by atoms with Crippen molar-refractivity contribution in [2.45, 2.75) is 6.10 Å². The van der Waals surface area contributed by atoms with Crippen LogP contribution in [0.3, 0.4) is 0 Å². The van der Waals surface area contributed by atoms with Crippen LogP contribution in [0.1, 0.15) is 10.6 Å². The first-order valence-corrected chi connectivity index (χ1v) is 8.10. The Balaban J connectivity index is 1.90. The summed E-state index contributed by atoms with van der Waals surface area (Å²) in [5.41, 5.74) is 3.64. The zero-order valence-corrected chi connectivity index (χ0v) is 14.4. The van der Waals surface area contributed by atoms with Gasteiger partial charge in [-0.1, -0.05) is 11.5 Å². The van der Waals surface area contributed by atoms with Crippen LogP contribution in [0, 0.1) is 5.82 Å². The van der Waals surface area contributed by atoms with Crippen molar-refractivity contribution in [3.05, 3.63) is 48.2 Å². The van der Waals surface area contributed by atoms with E-state index < -0.39 is 24.4 Å². The van der Waals surface area contributed by atoms with Gasteiger partial charge in [-0.05, 0) is 18.2 Å². The molecule has 0 unspecified atom stereocenters. The summed E-state index contributed by atoms with van der Waals surface area (Å²) in [7, 11) is 1.76. The fourth-order valence-electron chi connectivity index (χ4n) is 2.38. The number of aromatic nitrogens is 1. The highest BCUT2D eigenvalue weighted by Crippen LogP contribution is 2.33. The number of nitrogens with one attached hydrogen (secondary N) is 2. The van der Waals surface area contributed by atoms with Gasteiger partial charge in [-0.15, -0.1) is 0 Å². The number of nitrogens with zero attached hydrogens (tertiary/aromatic N) is 1. The largest absolute Gasteiger partial charge is 0.448 e. The van der Waals surface area contributed by atoms with E-state index >= 15 is 0 Å². The van der Waals surface area contributed by atoms with Crippen LogP contribution in [0.5, 0.6) is 0 Å². The van der Waals surface area contributed by atoms with Gasteiger partial charge < -0.3 is 19.9 Å². The normalized spacial score (nSPS) is 12.1. The number of pyridine rings is 1. The van der Waals surface area contributed by atoms with Crippen LogP contribution < -0.4 is 16.3 Å². The van der Waals surface area contributed by atoms with E-state index in [1.807, 2.05) is 0 Å². The molecule has 4 N–H and O–H groups in total. The average molecular weight is 373 g/mol. The van der Waals surface area contributed by atoms with Crippen molar-refractivity contribution in [2.75, 3.05) is 18.5 Å². The molecule has 0 aliphatic carbocycles. The number of furan rings is 1. The molecule has 0 radical (unpaired) electrons. The number of carbonyl (C=O) groups is 1. The lowest BCUT2D eigenvalue weighted by molar-refractivity contribution is -0.0302. The molecule has 10 heteroatoms. The molecule has 0 saturated carbocycles. The van der Waals surface area contributed by atoms with Crippen molar-refractivity contribution < 1.29 is 28.7 Å². The minimum Gasteiger partial charge on any atom is -0.448 e. The maximum absolute atomic E-state index is 14.2. The molecule has 0 fully saturated rings. The Morgan fingerprint density at radius 2 is 2.22 bits per heavy atom. The van der Waals surface area contributed by atoms with Crippen LogP contribution in [0.2, 0.25) is 0 Å². The summed E-state index contributed by atoms with van der Waals surface area (Å²) in [6.45, 7) is -0.814. The number of carbonyl (C=O) groups excluding carboxylic acids is 1. The van der Waals surface area contributed by atoms with Crippen molar-refractivity contribution in [3.8, 4) is 0 Å². The van der Waals surface area contributed by atoms with Gasteiger partial charge in [-0.2, -0.15) is 0 Å². The minimum absolute atomic E-state index is 0.142. The monoisotopic (exact) mass is 373 g/mol. The van der Waals surface area contributed by atoms with E-state index in [-0.39, 0.29) is 23.7 Å². The Bertz CT molecular complexity index is 965. The molecular formula is C17H17BFN3O5. The summed E-state index contributed by atoms with van der Waals surface area (Å²) in [5.74, 6) is -1.37. The molecule has 0 aliphatic rings. The number of aliphatic hydroxyl groups is 2. The summed E-state index contributed by atoms with van der Waals surface area (Å²) in [5, 5.41) is 21.4. The Morgan fingerprint density at radius 1 is 1.41 bits per heavy atom. The first-order chi connectivity index (χ1) is 13.0. The van der Waals surface area contributed by atoms with E-state index in [1.54, 1.807) is 26.0 Å². The number of hydrogen-bond acceptors (Lipinski definition) is 7. The molecule has 0 saturated heterocycles. The van der Waals surface area contributed by atoms with Crippen molar-refractivity contribution >= 4 is 41.6 Å². The summed E-state index contributed by atoms with van der Waals surface area (Å²) >= 11 is 0. The lowest BCUT2D eigenvalue weighted by atomic mass is 9.96. The third-order valence-corrected chi connectivity index (χ3v) is 3.73. The average Bonchev–Trinajstić information content (AvgIpc) is 3.02. The zero-order valence-electron chi connectivity index (χ0n) is 14.4. The SMILES string of the molecule is Bc1ccc(Nc2c(C(=O)NOC[C@H](O)CO)oc3ccncc23)c(F)c1. The Hall–Kier alpha value is -2.95. The number of benzene rings is 1. The van der Waals surface area contributed by atoms with Crippen molar-refractivity contribution in [2.24, 2.45) is 0 Å². The molecule has 1 amide bonds. The Kier molecular flexibility index (Phi) is 5.70. The smallest absolute Gasteiger partial charge is 0.312 e. The molecule has 8 nitrogen and oxygen atoms in total. The van der Waals surface area contributed by atoms with Gasteiger partial charge in [-0.3, -0.25) is 14.6 Å². The van der Waals surface area contributed by atoms with Crippen molar-refractivity contribution in [1.82, 2.24) is 10.5 Å². The van der Waals surface area contributed by atoms with Crippen LogP contribution in [-0.4, -0.2) is 48.3 Å². The first-order valence-electron chi connectivity index (χ1n) is 8.10. The topological polar surface area (TPSA) is 117 Å². The molecule has 2 heterocycles. The van der Waals surface area contributed by atoms with Crippen LogP contribution in [-0.2, 0) is 4.84 Å². The molecule has 0 aliphatic heterocycles. The summed E-state index contributed by atoms with van der Waals surface area (Å²) in [4.78, 5) is 21.3. The molecule has 3 rings (SSSR count). The molecule has 0 spiro atoms. The van der Waals surface area contributed by atoms with E-state index in [9.17, 15) is 14.3 Å². The quantitative estimate of drug-likeness (QED) is 0.340. The van der Waals surface area contributed by atoms with E-state index in [0.717, 1.165) is 5.46 Å². The molecular weight excluding hydrogens is 356 g/mol. The van der Waals surface area contributed by atoms with E-state index in [1.165, 1.54) is 18.5 Å². The van der Waals surface area contributed by atoms with Gasteiger partial charge in [-0.25, -0.2) is 9.87 Å². The Morgan fingerprint density at radius 3 is 2.96 bits per heavy atom. The van der Waals surface area contributed by atoms with Gasteiger partial charge in [0.2, 0.25) is 5.76 Å². The second-order valence-corrected chi connectivity index (χ2v) is 5.86. The number of fused-ring (bicyclic) bond motifs is 1. The van der Waals surface area contributed by atoms with E-state index in [0.29, 0.717) is 11.0 Å². The van der Waals surface area contributed by atoms with Crippen LogP contribution >= 0.6 is 0 Å². The number of anilines is 2. The van der Waals surface area contributed by atoms with Crippen molar-refractivity contribution in [1.29, 1.82) is 0 Å². The van der Waals surface area contributed by atoms with Crippen LogP contribution in [0.25, 0.3) is 11.0 Å². The third-order valence-electron chi connectivity index (χ3n) is 3.73. The molecule has 3 aromatic rings. The highest BCUT2D eigenvalue weighted by Gasteiger charge is 2.22.